The van der Waals surface area contributed by atoms with Crippen LogP contribution in [0.3, 0.4) is 0 Å². The van der Waals surface area contributed by atoms with E-state index in [2.05, 4.69) is 36.4 Å². The maximum atomic E-state index is 10.7. The van der Waals surface area contributed by atoms with Crippen LogP contribution >= 0.6 is 27.3 Å². The summed E-state index contributed by atoms with van der Waals surface area (Å²) in [6.45, 7) is 0.439. The highest BCUT2D eigenvalue weighted by Gasteiger charge is 2.10. The van der Waals surface area contributed by atoms with Gasteiger partial charge in [-0.1, -0.05) is 6.07 Å². The largest absolute Gasteiger partial charge is 0.377 e. The number of nitrogens with one attached hydrogen (secondary N) is 2. The maximum Gasteiger partial charge on any atom is 0.270 e. The SMILES string of the molecule is O=[N+]([O-])c1ccc(NCc2nc(-c3cccs3)n[nH]2)c(Br)c1. The Kier molecular flexibility index (Phi) is 4.16. The van der Waals surface area contributed by atoms with Crippen molar-refractivity contribution < 1.29 is 4.92 Å². The topological polar surface area (TPSA) is 96.7 Å². The van der Waals surface area contributed by atoms with E-state index in [0.717, 1.165) is 10.6 Å². The molecular formula is C13H10BrN5O2S. The molecule has 22 heavy (non-hydrogen) atoms. The minimum atomic E-state index is -0.432. The molecule has 2 aromatic heterocycles. The fraction of sp³-hybridized carbons (Fsp3) is 0.0769. The first-order chi connectivity index (χ1) is 10.6. The molecule has 0 aliphatic carbocycles. The molecule has 0 amide bonds. The Morgan fingerprint density at radius 1 is 1.41 bits per heavy atom. The van der Waals surface area contributed by atoms with Gasteiger partial charge in [-0.25, -0.2) is 4.98 Å². The number of aromatic nitrogens is 3. The van der Waals surface area contributed by atoms with Crippen LogP contribution in [0.25, 0.3) is 10.7 Å². The molecule has 3 aromatic rings. The Morgan fingerprint density at radius 3 is 2.95 bits per heavy atom. The standard InChI is InChI=1S/C13H10BrN5O2S/c14-9-6-8(19(20)21)3-4-10(9)15-7-12-16-13(18-17-12)11-2-1-5-22-11/h1-6,15H,7H2,(H,16,17,18). The fourth-order valence-electron chi connectivity index (χ4n) is 1.83. The van der Waals surface area contributed by atoms with Crippen LogP contribution in [0.5, 0.6) is 0 Å². The number of thiophene rings is 1. The Hall–Kier alpha value is -2.26. The molecule has 9 heteroatoms. The maximum absolute atomic E-state index is 10.7. The van der Waals surface area contributed by atoms with Gasteiger partial charge in [0.25, 0.3) is 5.69 Å². The molecule has 0 radical (unpaired) electrons. The van der Waals surface area contributed by atoms with Crippen molar-refractivity contribution in [1.29, 1.82) is 0 Å². The lowest BCUT2D eigenvalue weighted by molar-refractivity contribution is -0.384. The van der Waals surface area contributed by atoms with Crippen molar-refractivity contribution in [3.05, 3.63) is 56.1 Å². The number of hydrogen-bond donors (Lipinski definition) is 2. The minimum absolute atomic E-state index is 0.0390. The molecule has 0 saturated carbocycles. The van der Waals surface area contributed by atoms with Crippen LogP contribution in [0.2, 0.25) is 0 Å². The number of aromatic amines is 1. The number of rotatable bonds is 5. The quantitative estimate of drug-likeness (QED) is 0.518. The summed E-state index contributed by atoms with van der Waals surface area (Å²) in [7, 11) is 0. The predicted molar refractivity (Wildman–Crippen MR) is 87.8 cm³/mol. The molecule has 0 aliphatic heterocycles. The van der Waals surface area contributed by atoms with Crippen molar-refractivity contribution in [1.82, 2.24) is 15.2 Å². The van der Waals surface area contributed by atoms with Crippen molar-refractivity contribution in [3.8, 4) is 10.7 Å². The van der Waals surface area contributed by atoms with Crippen LogP contribution < -0.4 is 5.32 Å². The second-order valence-corrected chi connectivity index (χ2v) is 6.16. The summed E-state index contributed by atoms with van der Waals surface area (Å²) in [5.74, 6) is 1.35. The first-order valence-corrected chi connectivity index (χ1v) is 7.94. The van der Waals surface area contributed by atoms with Crippen LogP contribution in [0, 0.1) is 10.1 Å². The third-order valence-corrected chi connectivity index (χ3v) is 4.40. The van der Waals surface area contributed by atoms with Gasteiger partial charge in [-0.15, -0.1) is 11.3 Å². The van der Waals surface area contributed by atoms with Gasteiger partial charge in [0.15, 0.2) is 5.82 Å². The Morgan fingerprint density at radius 2 is 2.27 bits per heavy atom. The number of nitrogens with zero attached hydrogens (tertiary/aromatic N) is 3. The second kappa shape index (κ2) is 6.24. The van der Waals surface area contributed by atoms with Gasteiger partial charge in [0.1, 0.15) is 5.82 Å². The summed E-state index contributed by atoms with van der Waals surface area (Å²) in [5.41, 5.74) is 0.789. The molecule has 0 spiro atoms. The van der Waals surface area contributed by atoms with Gasteiger partial charge in [0, 0.05) is 22.3 Å². The van der Waals surface area contributed by atoms with E-state index in [9.17, 15) is 10.1 Å². The van der Waals surface area contributed by atoms with E-state index in [4.69, 9.17) is 0 Å². The molecule has 2 N–H and O–H groups in total. The van der Waals surface area contributed by atoms with Gasteiger partial charge in [-0.2, -0.15) is 5.10 Å². The lowest BCUT2D eigenvalue weighted by Crippen LogP contribution is -2.02. The summed E-state index contributed by atoms with van der Waals surface area (Å²) in [6.07, 6.45) is 0. The number of nitro benzene ring substituents is 1. The average Bonchev–Trinajstić information content (AvgIpc) is 3.16. The number of non-ortho nitro benzene ring substituents is 1. The molecular weight excluding hydrogens is 370 g/mol. The van der Waals surface area contributed by atoms with E-state index < -0.39 is 4.92 Å². The van der Waals surface area contributed by atoms with Gasteiger partial charge in [-0.3, -0.25) is 15.2 Å². The van der Waals surface area contributed by atoms with Gasteiger partial charge < -0.3 is 5.32 Å². The van der Waals surface area contributed by atoms with Crippen molar-refractivity contribution in [2.45, 2.75) is 6.54 Å². The second-order valence-electron chi connectivity index (χ2n) is 4.36. The molecule has 0 bridgehead atoms. The summed E-state index contributed by atoms with van der Waals surface area (Å²) in [6, 6.07) is 8.46. The number of benzene rings is 1. The first-order valence-electron chi connectivity index (χ1n) is 6.26. The van der Waals surface area contributed by atoms with E-state index in [-0.39, 0.29) is 5.69 Å². The molecule has 0 atom stereocenters. The summed E-state index contributed by atoms with van der Waals surface area (Å²) >= 11 is 4.89. The molecule has 0 fully saturated rings. The monoisotopic (exact) mass is 379 g/mol. The molecule has 0 aliphatic rings. The van der Waals surface area contributed by atoms with Crippen molar-refractivity contribution in [3.63, 3.8) is 0 Å². The number of hydrogen-bond acceptors (Lipinski definition) is 6. The van der Waals surface area contributed by atoms with Crippen molar-refractivity contribution >= 4 is 38.6 Å². The van der Waals surface area contributed by atoms with Gasteiger partial charge in [0.05, 0.1) is 16.3 Å². The van der Waals surface area contributed by atoms with E-state index in [1.54, 1.807) is 17.4 Å². The third kappa shape index (κ3) is 3.15. The van der Waals surface area contributed by atoms with Gasteiger partial charge in [-0.05, 0) is 33.4 Å². The van der Waals surface area contributed by atoms with Crippen LogP contribution in [-0.4, -0.2) is 20.1 Å². The third-order valence-electron chi connectivity index (χ3n) is 2.88. The fourth-order valence-corrected chi connectivity index (χ4v) is 2.99. The average molecular weight is 380 g/mol. The van der Waals surface area contributed by atoms with Gasteiger partial charge in [0.2, 0.25) is 0 Å². The highest BCUT2D eigenvalue weighted by Crippen LogP contribution is 2.27. The van der Waals surface area contributed by atoms with E-state index in [0.29, 0.717) is 22.7 Å². The van der Waals surface area contributed by atoms with Crippen molar-refractivity contribution in [2.75, 3.05) is 5.32 Å². The molecule has 0 unspecified atom stereocenters. The molecule has 0 saturated heterocycles. The lowest BCUT2D eigenvalue weighted by atomic mass is 10.3. The van der Waals surface area contributed by atoms with Gasteiger partial charge >= 0.3 is 0 Å². The normalized spacial score (nSPS) is 10.6. The highest BCUT2D eigenvalue weighted by atomic mass is 79.9. The number of H-pyrrole nitrogens is 1. The van der Waals surface area contributed by atoms with Crippen molar-refractivity contribution in [2.24, 2.45) is 0 Å². The predicted octanol–water partition coefficient (Wildman–Crippen LogP) is 3.82. The number of anilines is 1. The minimum Gasteiger partial charge on any atom is -0.377 e. The van der Waals surface area contributed by atoms with E-state index in [1.807, 2.05) is 17.5 Å². The zero-order chi connectivity index (χ0) is 15.5. The van der Waals surface area contributed by atoms with E-state index >= 15 is 0 Å². The smallest absolute Gasteiger partial charge is 0.270 e. The zero-order valence-corrected chi connectivity index (χ0v) is 13.5. The number of nitro groups is 1. The van der Waals surface area contributed by atoms with E-state index in [1.165, 1.54) is 12.1 Å². The molecule has 1 aromatic carbocycles. The Bertz CT molecular complexity index is 803. The molecule has 7 nitrogen and oxygen atoms in total. The zero-order valence-electron chi connectivity index (χ0n) is 11.1. The van der Waals surface area contributed by atoms with Crippen LogP contribution in [0.1, 0.15) is 5.82 Å². The summed E-state index contributed by atoms with van der Waals surface area (Å²) in [5, 5.41) is 22.9. The number of halogens is 1. The van der Waals surface area contributed by atoms with Crippen LogP contribution in [-0.2, 0) is 6.54 Å². The summed E-state index contributed by atoms with van der Waals surface area (Å²) < 4.78 is 0.625. The molecule has 112 valence electrons. The Balaban J connectivity index is 1.69. The molecule has 2 heterocycles. The summed E-state index contributed by atoms with van der Waals surface area (Å²) in [4.78, 5) is 15.7. The highest BCUT2D eigenvalue weighted by molar-refractivity contribution is 9.10. The first kappa shape index (κ1) is 14.7. The lowest BCUT2D eigenvalue weighted by Gasteiger charge is -2.06. The van der Waals surface area contributed by atoms with Crippen LogP contribution in [0.4, 0.5) is 11.4 Å². The van der Waals surface area contributed by atoms with Crippen LogP contribution in [0.15, 0.2) is 40.2 Å². The molecule has 3 rings (SSSR count). The Labute approximate surface area is 137 Å².